The average molecular weight is 277 g/mol. The predicted molar refractivity (Wildman–Crippen MR) is 64.8 cm³/mol. The smallest absolute Gasteiger partial charge is 0.225 e. The van der Waals surface area contributed by atoms with Gasteiger partial charge in [-0.2, -0.15) is 0 Å². The van der Waals surface area contributed by atoms with Gasteiger partial charge in [-0.3, -0.25) is 0 Å². The maximum absolute atomic E-state index is 12.2. The molecule has 0 fully saturated rings. The van der Waals surface area contributed by atoms with Crippen LogP contribution >= 0.6 is 0 Å². The van der Waals surface area contributed by atoms with Gasteiger partial charge in [0, 0.05) is 0 Å². The summed E-state index contributed by atoms with van der Waals surface area (Å²) in [6.07, 6.45) is 0. The first-order valence-corrected chi connectivity index (χ1v) is 7.87. The van der Waals surface area contributed by atoms with Gasteiger partial charge in [-0.25, -0.2) is 22.0 Å². The molecule has 0 saturated carbocycles. The van der Waals surface area contributed by atoms with E-state index in [9.17, 15) is 16.8 Å². The zero-order valence-electron chi connectivity index (χ0n) is 9.84. The van der Waals surface area contributed by atoms with E-state index in [1.165, 1.54) is 45.0 Å². The van der Waals surface area contributed by atoms with E-state index in [4.69, 9.17) is 5.14 Å². The summed E-state index contributed by atoms with van der Waals surface area (Å²) in [4.78, 5) is -0.620. The number of nitrogens with two attached hydrogens (primary N) is 1. The minimum absolute atomic E-state index is 0.255. The Morgan fingerprint density at radius 1 is 0.941 bits per heavy atom. The molecule has 1 aromatic carbocycles. The van der Waals surface area contributed by atoms with Crippen molar-refractivity contribution in [3.8, 4) is 0 Å². The van der Waals surface area contributed by atoms with Crippen LogP contribution in [-0.2, 0) is 19.9 Å². The van der Waals surface area contributed by atoms with Crippen LogP contribution in [0.15, 0.2) is 34.1 Å². The van der Waals surface area contributed by atoms with Gasteiger partial charge in [0.2, 0.25) is 10.0 Å². The molecule has 0 amide bonds. The highest BCUT2D eigenvalue weighted by Gasteiger charge is 2.34. The van der Waals surface area contributed by atoms with Crippen molar-refractivity contribution in [3.63, 3.8) is 0 Å². The van der Waals surface area contributed by atoms with Gasteiger partial charge in [0.05, 0.1) is 9.64 Å². The molecule has 7 heteroatoms. The zero-order valence-corrected chi connectivity index (χ0v) is 11.5. The molecular formula is C10H15NO4S2. The Kier molecular flexibility index (Phi) is 3.39. The lowest BCUT2D eigenvalue weighted by Crippen LogP contribution is -2.30. The van der Waals surface area contributed by atoms with E-state index >= 15 is 0 Å². The van der Waals surface area contributed by atoms with Crippen LogP contribution in [0.3, 0.4) is 0 Å². The second kappa shape index (κ2) is 4.08. The fourth-order valence-electron chi connectivity index (χ4n) is 1.24. The monoisotopic (exact) mass is 277 g/mol. The van der Waals surface area contributed by atoms with E-state index in [1.807, 2.05) is 0 Å². The largest absolute Gasteiger partial charge is 0.239 e. The number of benzene rings is 1. The second-order valence-electron chi connectivity index (χ2n) is 4.61. The zero-order chi connectivity index (χ0) is 13.5. The van der Waals surface area contributed by atoms with Crippen molar-refractivity contribution in [2.24, 2.45) is 5.14 Å². The molecule has 96 valence electrons. The van der Waals surface area contributed by atoms with Crippen molar-refractivity contribution in [2.75, 3.05) is 0 Å². The van der Waals surface area contributed by atoms with Crippen molar-refractivity contribution in [1.29, 1.82) is 0 Å². The molecule has 0 atom stereocenters. The van der Waals surface area contributed by atoms with Crippen molar-refractivity contribution in [2.45, 2.75) is 35.3 Å². The van der Waals surface area contributed by atoms with Crippen LogP contribution in [0.5, 0.6) is 0 Å². The molecule has 0 bridgehead atoms. The van der Waals surface area contributed by atoms with Crippen LogP contribution in [0.1, 0.15) is 20.8 Å². The Bertz CT molecular complexity index is 625. The van der Waals surface area contributed by atoms with Crippen LogP contribution < -0.4 is 5.14 Å². The number of primary sulfonamides is 1. The molecular weight excluding hydrogens is 262 g/mol. The van der Waals surface area contributed by atoms with Gasteiger partial charge in [-0.1, -0.05) is 12.1 Å². The highest BCUT2D eigenvalue weighted by atomic mass is 32.2. The summed E-state index contributed by atoms with van der Waals surface area (Å²) < 4.78 is 46.0. The molecule has 0 heterocycles. The highest BCUT2D eigenvalue weighted by Crippen LogP contribution is 2.29. The topological polar surface area (TPSA) is 94.3 Å². The molecule has 0 aliphatic rings. The molecule has 0 unspecified atom stereocenters. The van der Waals surface area contributed by atoms with Gasteiger partial charge < -0.3 is 0 Å². The molecule has 0 radical (unpaired) electrons. The quantitative estimate of drug-likeness (QED) is 0.869. The molecule has 0 aliphatic heterocycles. The maximum Gasteiger partial charge on any atom is 0.239 e. The number of hydrogen-bond acceptors (Lipinski definition) is 4. The Balaban J connectivity index is 3.67. The van der Waals surface area contributed by atoms with Gasteiger partial charge in [0.1, 0.15) is 4.90 Å². The maximum atomic E-state index is 12.2. The fraction of sp³-hybridized carbons (Fsp3) is 0.400. The summed E-state index contributed by atoms with van der Waals surface area (Å²) in [6, 6.07) is 5.34. The van der Waals surface area contributed by atoms with Gasteiger partial charge in [-0.05, 0) is 32.9 Å². The summed E-state index contributed by atoms with van der Waals surface area (Å²) in [7, 11) is -7.81. The Hall–Kier alpha value is -0.920. The summed E-state index contributed by atoms with van der Waals surface area (Å²) >= 11 is 0. The van der Waals surface area contributed by atoms with Crippen LogP contribution in [-0.4, -0.2) is 21.6 Å². The van der Waals surface area contributed by atoms with Crippen LogP contribution in [0.25, 0.3) is 0 Å². The molecule has 0 aromatic heterocycles. The van der Waals surface area contributed by atoms with Gasteiger partial charge in [0.15, 0.2) is 9.84 Å². The summed E-state index contributed by atoms with van der Waals surface area (Å²) in [5.74, 6) is 0. The van der Waals surface area contributed by atoms with E-state index in [1.54, 1.807) is 0 Å². The lowest BCUT2D eigenvalue weighted by molar-refractivity contribution is 0.555. The van der Waals surface area contributed by atoms with E-state index in [-0.39, 0.29) is 9.79 Å². The Morgan fingerprint density at radius 2 is 1.35 bits per heavy atom. The van der Waals surface area contributed by atoms with E-state index in [2.05, 4.69) is 0 Å². The predicted octanol–water partition coefficient (Wildman–Crippen LogP) is 0.906. The minimum Gasteiger partial charge on any atom is -0.225 e. The normalized spacial score (nSPS) is 13.6. The molecule has 1 rings (SSSR count). The minimum atomic E-state index is -4.06. The van der Waals surface area contributed by atoms with Crippen molar-refractivity contribution < 1.29 is 16.8 Å². The first kappa shape index (κ1) is 14.1. The molecule has 0 spiro atoms. The van der Waals surface area contributed by atoms with Crippen LogP contribution in [0.2, 0.25) is 0 Å². The Morgan fingerprint density at radius 3 is 1.71 bits per heavy atom. The third kappa shape index (κ3) is 2.67. The van der Waals surface area contributed by atoms with Gasteiger partial charge in [0.25, 0.3) is 0 Å². The number of sulfonamides is 1. The lowest BCUT2D eigenvalue weighted by atomic mass is 10.3. The summed E-state index contributed by atoms with van der Waals surface area (Å²) in [6.45, 7) is 4.51. The van der Waals surface area contributed by atoms with Gasteiger partial charge in [-0.15, -0.1) is 0 Å². The number of hydrogen-bond donors (Lipinski definition) is 1. The standard InChI is InChI=1S/C10H15NO4S2/c1-10(2,3)16(12,13)8-6-4-5-7-9(8)17(11,14)15/h4-7H,1-3H3,(H2,11,14,15). The van der Waals surface area contributed by atoms with E-state index in [0.29, 0.717) is 0 Å². The SMILES string of the molecule is CC(C)(C)S(=O)(=O)c1ccccc1S(N)(=O)=O. The van der Waals surface area contributed by atoms with E-state index in [0.717, 1.165) is 0 Å². The first-order valence-electron chi connectivity index (χ1n) is 4.84. The summed E-state index contributed by atoms with van der Waals surface area (Å²) in [5.41, 5.74) is 0. The molecule has 0 aliphatic carbocycles. The van der Waals surface area contributed by atoms with Gasteiger partial charge >= 0.3 is 0 Å². The van der Waals surface area contributed by atoms with Crippen molar-refractivity contribution in [3.05, 3.63) is 24.3 Å². The second-order valence-corrected chi connectivity index (χ2v) is 8.81. The fourth-order valence-corrected chi connectivity index (χ4v) is 3.78. The lowest BCUT2D eigenvalue weighted by Gasteiger charge is -2.20. The molecule has 2 N–H and O–H groups in total. The van der Waals surface area contributed by atoms with Crippen LogP contribution in [0, 0.1) is 0 Å². The third-order valence-electron chi connectivity index (χ3n) is 2.25. The molecule has 17 heavy (non-hydrogen) atoms. The first-order chi connectivity index (χ1) is 7.48. The highest BCUT2D eigenvalue weighted by molar-refractivity contribution is 7.94. The average Bonchev–Trinajstić information content (AvgIpc) is 2.14. The number of sulfone groups is 1. The van der Waals surface area contributed by atoms with Crippen LogP contribution in [0.4, 0.5) is 0 Å². The van der Waals surface area contributed by atoms with Crippen molar-refractivity contribution in [1.82, 2.24) is 0 Å². The summed E-state index contributed by atoms with van der Waals surface area (Å²) in [5, 5.41) is 5.01. The molecule has 5 nitrogen and oxygen atoms in total. The van der Waals surface area contributed by atoms with E-state index < -0.39 is 24.6 Å². The Labute approximate surface area is 102 Å². The third-order valence-corrected chi connectivity index (χ3v) is 5.90. The number of rotatable bonds is 2. The molecule has 1 aromatic rings. The van der Waals surface area contributed by atoms with Crippen molar-refractivity contribution >= 4 is 19.9 Å². The molecule has 0 saturated heterocycles.